The van der Waals surface area contributed by atoms with E-state index in [1.54, 1.807) is 0 Å². The van der Waals surface area contributed by atoms with Gasteiger partial charge in [0, 0.05) is 6.61 Å². The molecule has 1 aromatic rings. The van der Waals surface area contributed by atoms with Crippen LogP contribution in [0.5, 0.6) is 0 Å². The summed E-state index contributed by atoms with van der Waals surface area (Å²) in [6, 6.07) is 10.3. The Morgan fingerprint density at radius 1 is 1.12 bits per heavy atom. The number of hydrogen-bond acceptors (Lipinski definition) is 2. The Bertz CT molecular complexity index is 323. The van der Waals surface area contributed by atoms with E-state index in [0.717, 1.165) is 6.61 Å². The van der Waals surface area contributed by atoms with Crippen LogP contribution in [0.3, 0.4) is 0 Å². The summed E-state index contributed by atoms with van der Waals surface area (Å²) >= 11 is 0. The number of aliphatic hydroxyl groups excluding tert-OH is 1. The van der Waals surface area contributed by atoms with Gasteiger partial charge in [-0.05, 0) is 29.7 Å². The number of aliphatic hydroxyl groups is 1. The minimum Gasteiger partial charge on any atom is -0.396 e. The van der Waals surface area contributed by atoms with Gasteiger partial charge in [0.15, 0.2) is 0 Å². The average Bonchev–Trinajstić information content (AvgIpc) is 3.03. The molecule has 17 heavy (non-hydrogen) atoms. The summed E-state index contributed by atoms with van der Waals surface area (Å²) in [6.45, 7) is 4.01. The highest BCUT2D eigenvalue weighted by Gasteiger charge is 2.48. The van der Waals surface area contributed by atoms with Crippen molar-refractivity contribution in [3.8, 4) is 0 Å². The van der Waals surface area contributed by atoms with Crippen molar-refractivity contribution in [1.82, 2.24) is 0 Å². The monoisotopic (exact) mass is 234 g/mol. The molecule has 1 N–H and O–H groups in total. The lowest BCUT2D eigenvalue weighted by atomic mass is 10.2. The van der Waals surface area contributed by atoms with Crippen LogP contribution in [0.25, 0.3) is 0 Å². The predicted molar refractivity (Wildman–Crippen MR) is 68.6 cm³/mol. The number of rotatable bonds is 7. The third-order valence-electron chi connectivity index (χ3n) is 3.76. The zero-order valence-corrected chi connectivity index (χ0v) is 10.5. The summed E-state index contributed by atoms with van der Waals surface area (Å²) in [5.74, 6) is 1.77. The second-order valence-corrected chi connectivity index (χ2v) is 4.96. The molecule has 2 nitrogen and oxygen atoms in total. The minimum absolute atomic E-state index is 0.323. The van der Waals surface area contributed by atoms with Crippen molar-refractivity contribution < 1.29 is 9.84 Å². The number of hydrogen-bond donors (Lipinski definition) is 1. The molecule has 2 heteroatoms. The smallest absolute Gasteiger partial charge is 0.0717 e. The summed E-state index contributed by atoms with van der Waals surface area (Å²) in [6.07, 6.45) is 2.43. The molecule has 1 aliphatic carbocycles. The fourth-order valence-electron chi connectivity index (χ4n) is 2.69. The van der Waals surface area contributed by atoms with Gasteiger partial charge >= 0.3 is 0 Å². The van der Waals surface area contributed by atoms with Gasteiger partial charge in [0.25, 0.3) is 0 Å². The summed E-state index contributed by atoms with van der Waals surface area (Å²) in [7, 11) is 0. The molecule has 0 aliphatic heterocycles. The van der Waals surface area contributed by atoms with Gasteiger partial charge < -0.3 is 9.84 Å². The molecule has 1 fully saturated rings. The maximum absolute atomic E-state index is 9.23. The quantitative estimate of drug-likeness (QED) is 0.786. The molecule has 2 rings (SSSR count). The van der Waals surface area contributed by atoms with Crippen LogP contribution in [0.4, 0.5) is 0 Å². The Labute approximate surface area is 104 Å². The summed E-state index contributed by atoms with van der Waals surface area (Å²) in [4.78, 5) is 0. The summed E-state index contributed by atoms with van der Waals surface area (Å²) in [5.41, 5.74) is 1.22. The summed E-state index contributed by atoms with van der Waals surface area (Å²) in [5, 5.41) is 9.23. The number of benzene rings is 1. The molecular formula is C15H22O2. The van der Waals surface area contributed by atoms with E-state index in [-0.39, 0.29) is 0 Å². The molecule has 0 heterocycles. The topological polar surface area (TPSA) is 29.5 Å². The second-order valence-electron chi connectivity index (χ2n) is 4.96. The lowest BCUT2D eigenvalue weighted by molar-refractivity contribution is 0.102. The molecule has 94 valence electrons. The molecule has 1 aromatic carbocycles. The third-order valence-corrected chi connectivity index (χ3v) is 3.76. The van der Waals surface area contributed by atoms with Crippen LogP contribution >= 0.6 is 0 Å². The molecule has 0 aromatic heterocycles. The Balaban J connectivity index is 1.69. The van der Waals surface area contributed by atoms with E-state index in [1.165, 1.54) is 18.4 Å². The first-order valence-corrected chi connectivity index (χ1v) is 6.59. The molecule has 3 atom stereocenters. The van der Waals surface area contributed by atoms with E-state index in [1.807, 2.05) is 18.2 Å². The second kappa shape index (κ2) is 6.18. The highest BCUT2D eigenvalue weighted by atomic mass is 16.5. The molecule has 0 amide bonds. The molecule has 1 saturated carbocycles. The van der Waals surface area contributed by atoms with Crippen molar-refractivity contribution in [3.05, 3.63) is 35.9 Å². The standard InChI is InChI=1S/C15H22O2/c1-2-6-13-14(9-16)15(13)11-17-10-12-7-4-3-5-8-12/h3-5,7-8,13-16H,2,6,9-11H2,1H3/t13?,14-,15-/m1/s1. The molecular weight excluding hydrogens is 212 g/mol. The first-order chi connectivity index (χ1) is 8.36. The largest absolute Gasteiger partial charge is 0.396 e. The van der Waals surface area contributed by atoms with Crippen molar-refractivity contribution in [3.63, 3.8) is 0 Å². The van der Waals surface area contributed by atoms with Gasteiger partial charge in [-0.25, -0.2) is 0 Å². The van der Waals surface area contributed by atoms with Crippen LogP contribution in [0.1, 0.15) is 25.3 Å². The zero-order chi connectivity index (χ0) is 12.1. The van der Waals surface area contributed by atoms with E-state index in [2.05, 4.69) is 19.1 Å². The lowest BCUT2D eigenvalue weighted by Gasteiger charge is -2.03. The molecule has 1 unspecified atom stereocenters. The van der Waals surface area contributed by atoms with Gasteiger partial charge in [0.1, 0.15) is 0 Å². The van der Waals surface area contributed by atoms with Gasteiger partial charge in [-0.15, -0.1) is 0 Å². The van der Waals surface area contributed by atoms with E-state index >= 15 is 0 Å². The van der Waals surface area contributed by atoms with Gasteiger partial charge in [-0.3, -0.25) is 0 Å². The normalized spacial score (nSPS) is 27.1. The van der Waals surface area contributed by atoms with Crippen molar-refractivity contribution in [2.75, 3.05) is 13.2 Å². The molecule has 1 aliphatic rings. The third kappa shape index (κ3) is 3.30. The highest BCUT2D eigenvalue weighted by molar-refractivity contribution is 5.13. The number of ether oxygens (including phenoxy) is 1. The van der Waals surface area contributed by atoms with Gasteiger partial charge in [-0.1, -0.05) is 43.7 Å². The first kappa shape index (κ1) is 12.6. The lowest BCUT2D eigenvalue weighted by Crippen LogP contribution is -2.00. The molecule has 0 bridgehead atoms. The van der Waals surface area contributed by atoms with Crippen LogP contribution in [0, 0.1) is 17.8 Å². The van der Waals surface area contributed by atoms with Crippen molar-refractivity contribution in [1.29, 1.82) is 0 Å². The fourth-order valence-corrected chi connectivity index (χ4v) is 2.69. The molecule has 0 saturated heterocycles. The van der Waals surface area contributed by atoms with E-state index in [4.69, 9.17) is 4.74 Å². The van der Waals surface area contributed by atoms with E-state index in [0.29, 0.717) is 31.0 Å². The first-order valence-electron chi connectivity index (χ1n) is 6.59. The van der Waals surface area contributed by atoms with E-state index in [9.17, 15) is 5.11 Å². The highest BCUT2D eigenvalue weighted by Crippen LogP contribution is 2.48. The van der Waals surface area contributed by atoms with Crippen molar-refractivity contribution >= 4 is 0 Å². The van der Waals surface area contributed by atoms with Gasteiger partial charge in [-0.2, -0.15) is 0 Å². The molecule has 0 spiro atoms. The fraction of sp³-hybridized carbons (Fsp3) is 0.600. The van der Waals surface area contributed by atoms with Crippen LogP contribution in [0.2, 0.25) is 0 Å². The Hall–Kier alpha value is -0.860. The Morgan fingerprint density at radius 2 is 1.88 bits per heavy atom. The minimum atomic E-state index is 0.323. The Kier molecular flexibility index (Phi) is 4.57. The van der Waals surface area contributed by atoms with Crippen molar-refractivity contribution in [2.24, 2.45) is 17.8 Å². The van der Waals surface area contributed by atoms with E-state index < -0.39 is 0 Å². The van der Waals surface area contributed by atoms with Crippen LogP contribution in [0.15, 0.2) is 30.3 Å². The SMILES string of the molecule is CCCC1[C@@H](CO)[C@@H]1COCc1ccccc1. The summed E-state index contributed by atoms with van der Waals surface area (Å²) < 4.78 is 5.74. The van der Waals surface area contributed by atoms with Crippen LogP contribution in [-0.4, -0.2) is 18.3 Å². The van der Waals surface area contributed by atoms with Gasteiger partial charge in [0.05, 0.1) is 13.2 Å². The molecule has 0 radical (unpaired) electrons. The van der Waals surface area contributed by atoms with Crippen molar-refractivity contribution in [2.45, 2.75) is 26.4 Å². The Morgan fingerprint density at radius 3 is 2.53 bits per heavy atom. The maximum Gasteiger partial charge on any atom is 0.0717 e. The maximum atomic E-state index is 9.23. The van der Waals surface area contributed by atoms with Crippen LogP contribution in [-0.2, 0) is 11.3 Å². The van der Waals surface area contributed by atoms with Gasteiger partial charge in [0.2, 0.25) is 0 Å². The van der Waals surface area contributed by atoms with Crippen LogP contribution < -0.4 is 0 Å². The average molecular weight is 234 g/mol. The zero-order valence-electron chi connectivity index (χ0n) is 10.5. The predicted octanol–water partition coefficient (Wildman–Crippen LogP) is 2.86.